The lowest BCUT2D eigenvalue weighted by atomic mass is 10.2. The summed E-state index contributed by atoms with van der Waals surface area (Å²) in [5, 5.41) is 8.53. The molecule has 0 saturated heterocycles. The normalized spacial score (nSPS) is 12.4. The van der Waals surface area contributed by atoms with Crippen LogP contribution in [0.4, 0.5) is 4.39 Å². The van der Waals surface area contributed by atoms with Gasteiger partial charge in [-0.2, -0.15) is 0 Å². The molecule has 16 heavy (non-hydrogen) atoms. The van der Waals surface area contributed by atoms with E-state index in [4.69, 9.17) is 5.11 Å². The van der Waals surface area contributed by atoms with Crippen molar-refractivity contribution >= 4 is 17.7 Å². The molecule has 1 N–H and O–H groups in total. The number of carboxylic acids is 1. The van der Waals surface area contributed by atoms with Crippen molar-refractivity contribution < 1.29 is 14.3 Å². The van der Waals surface area contributed by atoms with Crippen molar-refractivity contribution in [2.24, 2.45) is 0 Å². The van der Waals surface area contributed by atoms with Crippen LogP contribution in [0.5, 0.6) is 0 Å². The molecule has 0 aliphatic rings. The summed E-state index contributed by atoms with van der Waals surface area (Å²) in [4.78, 5) is 11.6. The first-order valence-electron chi connectivity index (χ1n) is 5.28. The predicted molar refractivity (Wildman–Crippen MR) is 63.2 cm³/mol. The highest BCUT2D eigenvalue weighted by atomic mass is 32.2. The van der Waals surface area contributed by atoms with Gasteiger partial charge in [0.2, 0.25) is 0 Å². The minimum atomic E-state index is -0.831. The van der Waals surface area contributed by atoms with Gasteiger partial charge in [0, 0.05) is 4.90 Å². The Labute approximate surface area is 98.9 Å². The third-order valence-electron chi connectivity index (χ3n) is 2.17. The maximum atomic E-state index is 12.9. The third kappa shape index (κ3) is 4.23. The molecule has 0 aromatic heterocycles. The average Bonchev–Trinajstić information content (AvgIpc) is 2.24. The molecular weight excluding hydrogens is 227 g/mol. The molecule has 0 bridgehead atoms. The lowest BCUT2D eigenvalue weighted by Crippen LogP contribution is -2.15. The van der Waals surface area contributed by atoms with Crippen LogP contribution in [0.2, 0.25) is 0 Å². The number of rotatable bonds is 6. The maximum absolute atomic E-state index is 12.9. The number of hydrogen-bond acceptors (Lipinski definition) is 2. The Balaban J connectivity index is 2.64. The summed E-state index contributed by atoms with van der Waals surface area (Å²) in [7, 11) is 0. The van der Waals surface area contributed by atoms with Crippen LogP contribution in [-0.4, -0.2) is 16.3 Å². The maximum Gasteiger partial charge on any atom is 0.316 e. The van der Waals surface area contributed by atoms with E-state index < -0.39 is 11.2 Å². The van der Waals surface area contributed by atoms with Crippen molar-refractivity contribution in [1.29, 1.82) is 0 Å². The SMILES string of the molecule is CCCCC(Sc1cccc(F)c1)C(=O)O. The van der Waals surface area contributed by atoms with E-state index in [1.165, 1.54) is 23.9 Å². The molecule has 1 aromatic carbocycles. The molecule has 1 unspecified atom stereocenters. The Kier molecular flexibility index (Phi) is 5.32. The second kappa shape index (κ2) is 6.53. The largest absolute Gasteiger partial charge is 0.480 e. The van der Waals surface area contributed by atoms with Crippen LogP contribution in [0.3, 0.4) is 0 Å². The number of hydrogen-bond donors (Lipinski definition) is 1. The van der Waals surface area contributed by atoms with E-state index in [9.17, 15) is 9.18 Å². The van der Waals surface area contributed by atoms with Crippen LogP contribution in [0.25, 0.3) is 0 Å². The smallest absolute Gasteiger partial charge is 0.316 e. The molecule has 2 nitrogen and oxygen atoms in total. The van der Waals surface area contributed by atoms with Gasteiger partial charge >= 0.3 is 5.97 Å². The molecule has 0 spiro atoms. The van der Waals surface area contributed by atoms with Gasteiger partial charge in [0.1, 0.15) is 11.1 Å². The molecule has 1 aromatic rings. The third-order valence-corrected chi connectivity index (χ3v) is 3.42. The van der Waals surface area contributed by atoms with Gasteiger partial charge in [-0.3, -0.25) is 4.79 Å². The van der Waals surface area contributed by atoms with Gasteiger partial charge in [-0.15, -0.1) is 11.8 Å². The number of thioether (sulfide) groups is 1. The number of carboxylic acid groups (broad SMARTS) is 1. The molecule has 88 valence electrons. The molecule has 0 aliphatic heterocycles. The molecule has 0 aliphatic carbocycles. The quantitative estimate of drug-likeness (QED) is 0.775. The van der Waals surface area contributed by atoms with Crippen molar-refractivity contribution in [1.82, 2.24) is 0 Å². The average molecular weight is 242 g/mol. The number of carbonyl (C=O) groups is 1. The lowest BCUT2D eigenvalue weighted by molar-refractivity contribution is -0.136. The molecule has 0 saturated carbocycles. The van der Waals surface area contributed by atoms with Crippen molar-refractivity contribution in [2.45, 2.75) is 36.3 Å². The summed E-state index contributed by atoms with van der Waals surface area (Å²) in [5.74, 6) is -1.16. The standard InChI is InChI=1S/C12H15FO2S/c1-2-3-7-11(12(14)15)16-10-6-4-5-9(13)8-10/h4-6,8,11H,2-3,7H2,1H3,(H,14,15). The first kappa shape index (κ1) is 13.0. The van der Waals surface area contributed by atoms with Crippen molar-refractivity contribution in [3.05, 3.63) is 30.1 Å². The van der Waals surface area contributed by atoms with Crippen LogP contribution in [0, 0.1) is 5.82 Å². The van der Waals surface area contributed by atoms with Gasteiger partial charge in [-0.25, -0.2) is 4.39 Å². The molecule has 1 atom stereocenters. The number of benzene rings is 1. The van der Waals surface area contributed by atoms with Crippen molar-refractivity contribution in [3.8, 4) is 0 Å². The fraction of sp³-hybridized carbons (Fsp3) is 0.417. The van der Waals surface area contributed by atoms with Gasteiger partial charge in [0.05, 0.1) is 0 Å². The highest BCUT2D eigenvalue weighted by Crippen LogP contribution is 2.27. The summed E-state index contributed by atoms with van der Waals surface area (Å²) in [6.45, 7) is 2.02. The summed E-state index contributed by atoms with van der Waals surface area (Å²) >= 11 is 1.21. The van der Waals surface area contributed by atoms with E-state index in [2.05, 4.69) is 0 Å². The predicted octanol–water partition coefficient (Wildman–Crippen LogP) is 3.56. The van der Waals surface area contributed by atoms with Crippen LogP contribution in [-0.2, 0) is 4.79 Å². The molecule has 0 amide bonds. The summed E-state index contributed by atoms with van der Waals surface area (Å²) < 4.78 is 12.9. The summed E-state index contributed by atoms with van der Waals surface area (Å²) in [5.41, 5.74) is 0. The number of unbranched alkanes of at least 4 members (excludes halogenated alkanes) is 1. The number of aliphatic carboxylic acids is 1. The van der Waals surface area contributed by atoms with Crippen LogP contribution in [0.15, 0.2) is 29.2 Å². The minimum absolute atomic E-state index is 0.329. The fourth-order valence-electron chi connectivity index (χ4n) is 1.33. The van der Waals surface area contributed by atoms with Crippen LogP contribution in [0.1, 0.15) is 26.2 Å². The zero-order valence-corrected chi connectivity index (χ0v) is 9.97. The Morgan fingerprint density at radius 3 is 2.88 bits per heavy atom. The molecular formula is C12H15FO2S. The van der Waals surface area contributed by atoms with Crippen molar-refractivity contribution in [3.63, 3.8) is 0 Å². The van der Waals surface area contributed by atoms with E-state index in [0.717, 1.165) is 12.8 Å². The summed E-state index contributed by atoms with van der Waals surface area (Å²) in [6, 6.07) is 6.05. The van der Waals surface area contributed by atoms with Gasteiger partial charge in [-0.1, -0.05) is 25.8 Å². The molecule has 0 radical (unpaired) electrons. The Morgan fingerprint density at radius 1 is 1.56 bits per heavy atom. The summed E-state index contributed by atoms with van der Waals surface area (Å²) in [6.07, 6.45) is 2.46. The van der Waals surface area contributed by atoms with Gasteiger partial charge < -0.3 is 5.11 Å². The van der Waals surface area contributed by atoms with E-state index in [1.54, 1.807) is 12.1 Å². The van der Waals surface area contributed by atoms with Gasteiger partial charge in [0.15, 0.2) is 0 Å². The van der Waals surface area contributed by atoms with E-state index >= 15 is 0 Å². The highest BCUT2D eigenvalue weighted by molar-refractivity contribution is 8.00. The second-order valence-corrected chi connectivity index (χ2v) is 4.82. The van der Waals surface area contributed by atoms with Gasteiger partial charge in [-0.05, 0) is 24.6 Å². The van der Waals surface area contributed by atoms with Crippen LogP contribution < -0.4 is 0 Å². The van der Waals surface area contributed by atoms with Gasteiger partial charge in [0.25, 0.3) is 0 Å². The van der Waals surface area contributed by atoms with Crippen LogP contribution >= 0.6 is 11.8 Å². The Morgan fingerprint density at radius 2 is 2.31 bits per heavy atom. The highest BCUT2D eigenvalue weighted by Gasteiger charge is 2.18. The number of halogens is 1. The molecule has 0 fully saturated rings. The van der Waals surface area contributed by atoms with E-state index in [-0.39, 0.29) is 5.82 Å². The first-order chi connectivity index (χ1) is 7.63. The van der Waals surface area contributed by atoms with Crippen molar-refractivity contribution in [2.75, 3.05) is 0 Å². The second-order valence-electron chi connectivity index (χ2n) is 3.54. The lowest BCUT2D eigenvalue weighted by Gasteiger charge is -2.11. The zero-order chi connectivity index (χ0) is 12.0. The Hall–Kier alpha value is -1.03. The molecule has 4 heteroatoms. The molecule has 1 rings (SSSR count). The Bertz CT molecular complexity index is 355. The fourth-order valence-corrected chi connectivity index (χ4v) is 2.38. The minimum Gasteiger partial charge on any atom is -0.480 e. The monoisotopic (exact) mass is 242 g/mol. The zero-order valence-electron chi connectivity index (χ0n) is 9.15. The van der Waals surface area contributed by atoms with E-state index in [1.807, 2.05) is 6.92 Å². The first-order valence-corrected chi connectivity index (χ1v) is 6.16. The topological polar surface area (TPSA) is 37.3 Å². The van der Waals surface area contributed by atoms with E-state index in [0.29, 0.717) is 11.3 Å². The molecule has 0 heterocycles.